The van der Waals surface area contributed by atoms with Gasteiger partial charge in [0.15, 0.2) is 5.96 Å². The SMILES string of the molecule is CCNC(=NCC(c1ccc(F)cc1)N1CCOCC1)NCCC(F)(F)F. The Balaban J connectivity index is 2.08. The highest BCUT2D eigenvalue weighted by Crippen LogP contribution is 2.23. The Morgan fingerprint density at radius 3 is 2.44 bits per heavy atom. The van der Waals surface area contributed by atoms with E-state index in [1.807, 2.05) is 6.92 Å². The number of nitrogens with one attached hydrogen (secondary N) is 2. The summed E-state index contributed by atoms with van der Waals surface area (Å²) in [5.41, 5.74) is 0.910. The highest BCUT2D eigenvalue weighted by molar-refractivity contribution is 5.79. The number of aliphatic imine (C=N–C) groups is 1. The maximum absolute atomic E-state index is 13.3. The van der Waals surface area contributed by atoms with E-state index in [0.717, 1.165) is 18.7 Å². The molecule has 0 aliphatic carbocycles. The van der Waals surface area contributed by atoms with Crippen molar-refractivity contribution in [2.75, 3.05) is 45.9 Å². The summed E-state index contributed by atoms with van der Waals surface area (Å²) in [4.78, 5) is 6.65. The Hall–Kier alpha value is -1.87. The van der Waals surface area contributed by atoms with E-state index < -0.39 is 12.6 Å². The van der Waals surface area contributed by atoms with Crippen molar-refractivity contribution < 1.29 is 22.3 Å². The van der Waals surface area contributed by atoms with Crippen molar-refractivity contribution >= 4 is 5.96 Å². The fraction of sp³-hybridized carbons (Fsp3) is 0.611. The zero-order valence-corrected chi connectivity index (χ0v) is 15.4. The molecule has 1 aliphatic rings. The van der Waals surface area contributed by atoms with E-state index in [1.165, 1.54) is 12.1 Å². The van der Waals surface area contributed by atoms with Crippen LogP contribution >= 0.6 is 0 Å². The average molecular weight is 390 g/mol. The van der Waals surface area contributed by atoms with Crippen molar-refractivity contribution in [3.8, 4) is 0 Å². The molecule has 1 saturated heterocycles. The maximum atomic E-state index is 13.3. The first-order valence-electron chi connectivity index (χ1n) is 9.05. The van der Waals surface area contributed by atoms with Gasteiger partial charge in [-0.15, -0.1) is 0 Å². The van der Waals surface area contributed by atoms with Crippen molar-refractivity contribution in [2.45, 2.75) is 25.6 Å². The number of morpholine rings is 1. The molecule has 1 atom stereocenters. The molecule has 152 valence electrons. The number of hydrogen-bond acceptors (Lipinski definition) is 3. The number of benzene rings is 1. The Kier molecular flexibility index (Phi) is 8.30. The first kappa shape index (κ1) is 21.4. The molecule has 1 aromatic carbocycles. The summed E-state index contributed by atoms with van der Waals surface area (Å²) in [7, 11) is 0. The first-order chi connectivity index (χ1) is 12.9. The molecule has 1 aromatic rings. The minimum Gasteiger partial charge on any atom is -0.379 e. The summed E-state index contributed by atoms with van der Waals surface area (Å²) >= 11 is 0. The highest BCUT2D eigenvalue weighted by Gasteiger charge is 2.26. The fourth-order valence-corrected chi connectivity index (χ4v) is 2.85. The van der Waals surface area contributed by atoms with E-state index in [2.05, 4.69) is 20.5 Å². The Labute approximate surface area is 156 Å². The van der Waals surface area contributed by atoms with Gasteiger partial charge in [0.1, 0.15) is 5.82 Å². The van der Waals surface area contributed by atoms with Crippen LogP contribution in [0.4, 0.5) is 17.6 Å². The van der Waals surface area contributed by atoms with E-state index in [9.17, 15) is 17.6 Å². The average Bonchev–Trinajstić information content (AvgIpc) is 2.63. The minimum absolute atomic E-state index is 0.104. The molecule has 0 spiro atoms. The van der Waals surface area contributed by atoms with Gasteiger partial charge in [0.2, 0.25) is 0 Å². The second kappa shape index (κ2) is 10.5. The molecule has 2 rings (SSSR count). The molecule has 1 unspecified atom stereocenters. The Bertz CT molecular complexity index is 586. The summed E-state index contributed by atoms with van der Waals surface area (Å²) in [6, 6.07) is 6.13. The van der Waals surface area contributed by atoms with Crippen molar-refractivity contribution in [1.29, 1.82) is 0 Å². The van der Waals surface area contributed by atoms with E-state index in [0.29, 0.717) is 32.3 Å². The van der Waals surface area contributed by atoms with Crippen LogP contribution < -0.4 is 10.6 Å². The maximum Gasteiger partial charge on any atom is 0.390 e. The summed E-state index contributed by atoms with van der Waals surface area (Å²) in [5.74, 6) is 0.0206. The molecule has 0 aromatic heterocycles. The summed E-state index contributed by atoms with van der Waals surface area (Å²) in [6.07, 6.45) is -5.14. The number of rotatable bonds is 7. The normalized spacial score (nSPS) is 17.6. The molecule has 0 bridgehead atoms. The van der Waals surface area contributed by atoms with Gasteiger partial charge in [-0.3, -0.25) is 9.89 Å². The van der Waals surface area contributed by atoms with Crippen molar-refractivity contribution in [1.82, 2.24) is 15.5 Å². The van der Waals surface area contributed by atoms with Crippen molar-refractivity contribution in [2.24, 2.45) is 4.99 Å². The van der Waals surface area contributed by atoms with Gasteiger partial charge in [0, 0.05) is 26.2 Å². The summed E-state index contributed by atoms with van der Waals surface area (Å²) in [5, 5.41) is 5.67. The van der Waals surface area contributed by atoms with Crippen LogP contribution in [0, 0.1) is 5.82 Å². The van der Waals surface area contributed by atoms with Crippen LogP contribution in [0.5, 0.6) is 0 Å². The van der Waals surface area contributed by atoms with Crippen molar-refractivity contribution in [3.05, 3.63) is 35.6 Å². The molecule has 1 heterocycles. The van der Waals surface area contributed by atoms with E-state index in [-0.39, 0.29) is 18.4 Å². The summed E-state index contributed by atoms with van der Waals surface area (Å²) < 4.78 is 55.7. The van der Waals surface area contributed by atoms with Gasteiger partial charge < -0.3 is 15.4 Å². The number of nitrogens with zero attached hydrogens (tertiary/aromatic N) is 2. The van der Waals surface area contributed by atoms with Crippen LogP contribution in [0.15, 0.2) is 29.3 Å². The zero-order chi connectivity index (χ0) is 19.7. The van der Waals surface area contributed by atoms with Gasteiger partial charge in [0.05, 0.1) is 32.2 Å². The third kappa shape index (κ3) is 7.72. The van der Waals surface area contributed by atoms with Gasteiger partial charge in [-0.25, -0.2) is 4.39 Å². The Morgan fingerprint density at radius 1 is 1.19 bits per heavy atom. The predicted molar refractivity (Wildman–Crippen MR) is 96.2 cm³/mol. The smallest absolute Gasteiger partial charge is 0.379 e. The quantitative estimate of drug-likeness (QED) is 0.427. The number of hydrogen-bond donors (Lipinski definition) is 2. The van der Waals surface area contributed by atoms with Crippen LogP contribution in [-0.4, -0.2) is 63.0 Å². The molecule has 27 heavy (non-hydrogen) atoms. The topological polar surface area (TPSA) is 48.9 Å². The molecule has 1 aliphatic heterocycles. The molecular formula is C18H26F4N4O. The van der Waals surface area contributed by atoms with E-state index >= 15 is 0 Å². The van der Waals surface area contributed by atoms with Gasteiger partial charge in [-0.1, -0.05) is 12.1 Å². The third-order valence-corrected chi connectivity index (χ3v) is 4.21. The molecule has 0 amide bonds. The minimum atomic E-state index is -4.21. The molecule has 0 saturated carbocycles. The predicted octanol–water partition coefficient (Wildman–Crippen LogP) is 2.71. The highest BCUT2D eigenvalue weighted by atomic mass is 19.4. The number of alkyl halides is 3. The molecule has 9 heteroatoms. The second-order valence-corrected chi connectivity index (χ2v) is 6.23. The Morgan fingerprint density at radius 2 is 1.85 bits per heavy atom. The first-order valence-corrected chi connectivity index (χ1v) is 9.05. The lowest BCUT2D eigenvalue weighted by molar-refractivity contribution is -0.132. The standard InChI is InChI=1S/C18H26F4N4O/c1-2-23-17(24-8-7-18(20,21)22)25-13-16(26-9-11-27-12-10-26)14-3-5-15(19)6-4-14/h3-6,16H,2,7-13H2,1H3,(H2,23,24,25). The fourth-order valence-electron chi connectivity index (χ4n) is 2.85. The van der Waals surface area contributed by atoms with Crippen LogP contribution in [-0.2, 0) is 4.74 Å². The number of halogens is 4. The monoisotopic (exact) mass is 390 g/mol. The lowest BCUT2D eigenvalue weighted by Crippen LogP contribution is -2.42. The van der Waals surface area contributed by atoms with Gasteiger partial charge >= 0.3 is 6.18 Å². The molecule has 0 radical (unpaired) electrons. The molecule has 1 fully saturated rings. The molecule has 5 nitrogen and oxygen atoms in total. The van der Waals surface area contributed by atoms with Gasteiger partial charge in [-0.2, -0.15) is 13.2 Å². The van der Waals surface area contributed by atoms with Crippen LogP contribution in [0.2, 0.25) is 0 Å². The van der Waals surface area contributed by atoms with E-state index in [4.69, 9.17) is 4.74 Å². The zero-order valence-electron chi connectivity index (χ0n) is 15.4. The van der Waals surface area contributed by atoms with Crippen LogP contribution in [0.1, 0.15) is 24.9 Å². The van der Waals surface area contributed by atoms with Crippen LogP contribution in [0.3, 0.4) is 0 Å². The van der Waals surface area contributed by atoms with E-state index in [1.54, 1.807) is 12.1 Å². The van der Waals surface area contributed by atoms with Crippen molar-refractivity contribution in [3.63, 3.8) is 0 Å². The van der Waals surface area contributed by atoms with Crippen LogP contribution in [0.25, 0.3) is 0 Å². The van der Waals surface area contributed by atoms with Gasteiger partial charge in [0.25, 0.3) is 0 Å². The largest absolute Gasteiger partial charge is 0.390 e. The number of ether oxygens (including phenoxy) is 1. The second-order valence-electron chi connectivity index (χ2n) is 6.23. The summed E-state index contributed by atoms with van der Waals surface area (Å²) in [6.45, 7) is 5.12. The number of guanidine groups is 1. The lowest BCUT2D eigenvalue weighted by Gasteiger charge is -2.34. The van der Waals surface area contributed by atoms with Gasteiger partial charge in [-0.05, 0) is 24.6 Å². The third-order valence-electron chi connectivity index (χ3n) is 4.21. The molecular weight excluding hydrogens is 364 g/mol. The lowest BCUT2D eigenvalue weighted by atomic mass is 10.0. The molecule has 2 N–H and O–H groups in total.